The van der Waals surface area contributed by atoms with Crippen LogP contribution < -0.4 is 10.6 Å². The molecule has 0 unspecified atom stereocenters. The van der Waals surface area contributed by atoms with Crippen LogP contribution in [0.5, 0.6) is 0 Å². The molecule has 0 atom stereocenters. The molecule has 2 aromatic rings. The second-order valence-electron chi connectivity index (χ2n) is 6.78. The van der Waals surface area contributed by atoms with Crippen molar-refractivity contribution in [1.82, 2.24) is 15.6 Å². The summed E-state index contributed by atoms with van der Waals surface area (Å²) < 4.78 is 38.9. The molecule has 0 spiro atoms. The fraction of sp³-hybridized carbons (Fsp3) is 0.400. The Morgan fingerprint density at radius 1 is 1.14 bits per heavy atom. The van der Waals surface area contributed by atoms with Crippen molar-refractivity contribution in [3.05, 3.63) is 65.5 Å². The van der Waals surface area contributed by atoms with E-state index in [-0.39, 0.29) is 29.4 Å². The molecule has 8 heteroatoms. The fourth-order valence-electron chi connectivity index (χ4n) is 3.07. The molecular formula is C20H24F3IN4. The average Bonchev–Trinajstić information content (AvgIpc) is 3.46. The molecule has 1 fully saturated rings. The number of hydrogen-bond donors (Lipinski definition) is 2. The summed E-state index contributed by atoms with van der Waals surface area (Å²) in [5.74, 6) is 0.643. The zero-order valence-corrected chi connectivity index (χ0v) is 17.9. The van der Waals surface area contributed by atoms with Crippen LogP contribution in [0, 0.1) is 0 Å². The monoisotopic (exact) mass is 504 g/mol. The molecule has 1 heterocycles. The van der Waals surface area contributed by atoms with Crippen LogP contribution in [0.25, 0.3) is 0 Å². The van der Waals surface area contributed by atoms with Gasteiger partial charge in [0.05, 0.1) is 5.56 Å². The molecule has 1 aliphatic carbocycles. The minimum absolute atomic E-state index is 0. The standard InChI is InChI=1S/C20H23F3N4.HI/c1-24-18(26-12-8-17-7-2-3-11-25-17)27-14-19(9-10-19)15-5-4-6-16(13-15)20(21,22)23;/h2-7,11,13H,8-10,12,14H2,1H3,(H2,24,26,27);1H. The Labute approximate surface area is 180 Å². The molecule has 0 aliphatic heterocycles. The summed E-state index contributed by atoms with van der Waals surface area (Å²) >= 11 is 0. The number of nitrogens with zero attached hydrogens (tertiary/aromatic N) is 2. The van der Waals surface area contributed by atoms with Gasteiger partial charge in [-0.25, -0.2) is 0 Å². The van der Waals surface area contributed by atoms with Crippen LogP contribution in [-0.2, 0) is 18.0 Å². The van der Waals surface area contributed by atoms with E-state index in [1.165, 1.54) is 12.1 Å². The lowest BCUT2D eigenvalue weighted by atomic mass is 9.94. The van der Waals surface area contributed by atoms with Gasteiger partial charge in [0.25, 0.3) is 0 Å². The van der Waals surface area contributed by atoms with Gasteiger partial charge in [-0.1, -0.05) is 24.3 Å². The van der Waals surface area contributed by atoms with Crippen molar-refractivity contribution in [2.45, 2.75) is 30.9 Å². The van der Waals surface area contributed by atoms with Gasteiger partial charge < -0.3 is 10.6 Å². The normalized spacial score (nSPS) is 15.5. The predicted molar refractivity (Wildman–Crippen MR) is 115 cm³/mol. The Bertz CT molecular complexity index is 790. The number of rotatable bonds is 6. The van der Waals surface area contributed by atoms with Gasteiger partial charge in [0.2, 0.25) is 0 Å². The van der Waals surface area contributed by atoms with Crippen molar-refractivity contribution in [3.63, 3.8) is 0 Å². The lowest BCUT2D eigenvalue weighted by Crippen LogP contribution is -2.42. The van der Waals surface area contributed by atoms with Crippen molar-refractivity contribution >= 4 is 29.9 Å². The Hall–Kier alpha value is -1.84. The highest BCUT2D eigenvalue weighted by Gasteiger charge is 2.45. The van der Waals surface area contributed by atoms with Crippen molar-refractivity contribution < 1.29 is 13.2 Å². The smallest absolute Gasteiger partial charge is 0.356 e. The maximum atomic E-state index is 13.0. The van der Waals surface area contributed by atoms with E-state index in [2.05, 4.69) is 20.6 Å². The zero-order chi connectivity index (χ0) is 19.3. The average molecular weight is 504 g/mol. The Morgan fingerprint density at radius 3 is 2.54 bits per heavy atom. The van der Waals surface area contributed by atoms with E-state index in [0.29, 0.717) is 19.0 Å². The highest BCUT2D eigenvalue weighted by molar-refractivity contribution is 14.0. The van der Waals surface area contributed by atoms with Gasteiger partial charge in [-0.2, -0.15) is 13.2 Å². The summed E-state index contributed by atoms with van der Waals surface area (Å²) in [6, 6.07) is 11.4. The van der Waals surface area contributed by atoms with Gasteiger partial charge >= 0.3 is 6.18 Å². The highest BCUT2D eigenvalue weighted by Crippen LogP contribution is 2.48. The van der Waals surface area contributed by atoms with Crippen LogP contribution in [0.1, 0.15) is 29.7 Å². The third-order valence-electron chi connectivity index (χ3n) is 4.87. The molecule has 4 nitrogen and oxygen atoms in total. The Kier molecular flexibility index (Phi) is 7.68. The molecule has 0 radical (unpaired) electrons. The quantitative estimate of drug-likeness (QED) is 0.353. The summed E-state index contributed by atoms with van der Waals surface area (Å²) in [5, 5.41) is 6.48. The van der Waals surface area contributed by atoms with Crippen molar-refractivity contribution in [1.29, 1.82) is 0 Å². The van der Waals surface area contributed by atoms with E-state index in [1.54, 1.807) is 19.3 Å². The van der Waals surface area contributed by atoms with Gasteiger partial charge in [-0.15, -0.1) is 24.0 Å². The number of aromatic nitrogens is 1. The largest absolute Gasteiger partial charge is 0.416 e. The van der Waals surface area contributed by atoms with E-state index in [1.807, 2.05) is 18.2 Å². The highest BCUT2D eigenvalue weighted by atomic mass is 127. The van der Waals surface area contributed by atoms with Crippen molar-refractivity contribution in [2.24, 2.45) is 4.99 Å². The molecule has 0 saturated heterocycles. The summed E-state index contributed by atoms with van der Waals surface area (Å²) in [6.07, 6.45) is -0.0598. The van der Waals surface area contributed by atoms with Crippen LogP contribution in [0.2, 0.25) is 0 Å². The summed E-state index contributed by atoms with van der Waals surface area (Å²) in [5.41, 5.74) is 0.876. The first-order valence-electron chi connectivity index (χ1n) is 8.95. The second kappa shape index (κ2) is 9.58. The number of benzene rings is 1. The van der Waals surface area contributed by atoms with Crippen LogP contribution in [0.4, 0.5) is 13.2 Å². The third kappa shape index (κ3) is 5.83. The molecule has 0 amide bonds. The predicted octanol–water partition coefficient (Wildman–Crippen LogP) is 4.16. The number of pyridine rings is 1. The number of alkyl halides is 3. The first-order chi connectivity index (χ1) is 12.9. The van der Waals surface area contributed by atoms with Crippen molar-refractivity contribution in [3.8, 4) is 0 Å². The summed E-state index contributed by atoms with van der Waals surface area (Å²) in [6.45, 7) is 1.23. The molecule has 2 N–H and O–H groups in total. The van der Waals surface area contributed by atoms with E-state index in [0.717, 1.165) is 36.6 Å². The minimum atomic E-state index is -4.32. The summed E-state index contributed by atoms with van der Waals surface area (Å²) in [7, 11) is 1.68. The fourth-order valence-corrected chi connectivity index (χ4v) is 3.07. The maximum Gasteiger partial charge on any atom is 0.416 e. The molecule has 1 saturated carbocycles. The van der Waals surface area contributed by atoms with Gasteiger partial charge in [0, 0.05) is 43.9 Å². The van der Waals surface area contributed by atoms with Crippen LogP contribution >= 0.6 is 24.0 Å². The third-order valence-corrected chi connectivity index (χ3v) is 4.87. The first-order valence-corrected chi connectivity index (χ1v) is 8.95. The van der Waals surface area contributed by atoms with Gasteiger partial charge in [-0.3, -0.25) is 9.98 Å². The van der Waals surface area contributed by atoms with Crippen molar-refractivity contribution in [2.75, 3.05) is 20.1 Å². The van der Waals surface area contributed by atoms with Gasteiger partial charge in [-0.05, 0) is 36.6 Å². The molecule has 1 aliphatic rings. The molecule has 1 aromatic carbocycles. The van der Waals surface area contributed by atoms with E-state index in [9.17, 15) is 13.2 Å². The lowest BCUT2D eigenvalue weighted by molar-refractivity contribution is -0.137. The maximum absolute atomic E-state index is 13.0. The molecule has 3 rings (SSSR count). The molecule has 0 bridgehead atoms. The van der Waals surface area contributed by atoms with Crippen LogP contribution in [-0.4, -0.2) is 31.1 Å². The molecular weight excluding hydrogens is 480 g/mol. The van der Waals surface area contributed by atoms with E-state index >= 15 is 0 Å². The molecule has 28 heavy (non-hydrogen) atoms. The first kappa shape index (κ1) is 22.4. The van der Waals surface area contributed by atoms with Crippen LogP contribution in [0.3, 0.4) is 0 Å². The van der Waals surface area contributed by atoms with E-state index in [4.69, 9.17) is 0 Å². The topological polar surface area (TPSA) is 49.3 Å². The minimum Gasteiger partial charge on any atom is -0.356 e. The number of guanidine groups is 1. The van der Waals surface area contributed by atoms with E-state index < -0.39 is 11.7 Å². The van der Waals surface area contributed by atoms with Gasteiger partial charge in [0.1, 0.15) is 0 Å². The van der Waals surface area contributed by atoms with Gasteiger partial charge in [0.15, 0.2) is 5.96 Å². The number of hydrogen-bond acceptors (Lipinski definition) is 2. The SMILES string of the molecule is CN=C(NCCc1ccccn1)NCC1(c2cccc(C(F)(F)F)c2)CC1.I. The zero-order valence-electron chi connectivity index (χ0n) is 15.6. The number of aliphatic imine (C=N–C) groups is 1. The lowest BCUT2D eigenvalue weighted by Gasteiger charge is -2.20. The summed E-state index contributed by atoms with van der Waals surface area (Å²) in [4.78, 5) is 8.47. The molecule has 152 valence electrons. The Morgan fingerprint density at radius 2 is 1.93 bits per heavy atom. The Balaban J connectivity index is 0.00000280. The number of halogens is 4. The second-order valence-corrected chi connectivity index (χ2v) is 6.78. The molecule has 1 aromatic heterocycles. The number of nitrogens with one attached hydrogen (secondary N) is 2. The van der Waals surface area contributed by atoms with Crippen LogP contribution in [0.15, 0.2) is 53.7 Å².